The van der Waals surface area contributed by atoms with E-state index in [0.717, 1.165) is 18.5 Å². The first-order valence-corrected chi connectivity index (χ1v) is 6.74. The number of amides is 1. The number of nitrogens with two attached hydrogens (primary N) is 1. The molecule has 0 spiro atoms. The van der Waals surface area contributed by atoms with E-state index in [1.807, 2.05) is 29.2 Å². The number of likely N-dealkylation sites (tertiary alicyclic amines) is 1. The van der Waals surface area contributed by atoms with Gasteiger partial charge in [0.15, 0.2) is 0 Å². The van der Waals surface area contributed by atoms with Gasteiger partial charge < -0.3 is 10.6 Å². The second-order valence-electron chi connectivity index (χ2n) is 5.20. The molecule has 2 N–H and O–H groups in total. The van der Waals surface area contributed by atoms with E-state index in [0.29, 0.717) is 13.0 Å². The molecule has 1 unspecified atom stereocenters. The van der Waals surface area contributed by atoms with Crippen molar-refractivity contribution in [3.8, 4) is 0 Å². The fraction of sp³-hybridized carbons (Fsp3) is 0.312. The van der Waals surface area contributed by atoms with Crippen LogP contribution >= 0.6 is 12.4 Å². The molecule has 1 fully saturated rings. The largest absolute Gasteiger partial charge is 0.341 e. The van der Waals surface area contributed by atoms with Crippen molar-refractivity contribution >= 4 is 29.1 Å². The SMILES string of the molecule is Cl.NC1CCN(C(=O)Cc2cccc3ccccc23)C1. The minimum atomic E-state index is 0. The molecule has 1 saturated heterocycles. The Morgan fingerprint density at radius 2 is 1.95 bits per heavy atom. The lowest BCUT2D eigenvalue weighted by atomic mass is 10.0. The Kier molecular flexibility index (Phi) is 4.63. The van der Waals surface area contributed by atoms with Gasteiger partial charge in [0.2, 0.25) is 5.91 Å². The molecule has 1 aliphatic rings. The zero-order chi connectivity index (χ0) is 13.2. The first kappa shape index (κ1) is 14.8. The highest BCUT2D eigenvalue weighted by atomic mass is 35.5. The van der Waals surface area contributed by atoms with E-state index in [4.69, 9.17) is 5.73 Å². The number of fused-ring (bicyclic) bond motifs is 1. The Labute approximate surface area is 125 Å². The molecule has 1 amide bonds. The molecule has 3 rings (SSSR count). The first-order chi connectivity index (χ1) is 9.24. The van der Waals surface area contributed by atoms with Crippen LogP contribution in [0.15, 0.2) is 42.5 Å². The second kappa shape index (κ2) is 6.25. The highest BCUT2D eigenvalue weighted by Crippen LogP contribution is 2.20. The van der Waals surface area contributed by atoms with Crippen molar-refractivity contribution in [3.63, 3.8) is 0 Å². The molecule has 20 heavy (non-hydrogen) atoms. The van der Waals surface area contributed by atoms with Gasteiger partial charge >= 0.3 is 0 Å². The highest BCUT2D eigenvalue weighted by Gasteiger charge is 2.23. The van der Waals surface area contributed by atoms with Crippen LogP contribution in [0.1, 0.15) is 12.0 Å². The summed E-state index contributed by atoms with van der Waals surface area (Å²) in [5.41, 5.74) is 6.95. The molecule has 2 aromatic carbocycles. The van der Waals surface area contributed by atoms with Crippen LogP contribution in [0, 0.1) is 0 Å². The predicted molar refractivity (Wildman–Crippen MR) is 84.1 cm³/mol. The van der Waals surface area contributed by atoms with Gasteiger partial charge in [-0.25, -0.2) is 0 Å². The average Bonchev–Trinajstić information content (AvgIpc) is 2.86. The third kappa shape index (κ3) is 2.94. The monoisotopic (exact) mass is 290 g/mol. The molecule has 0 radical (unpaired) electrons. The molecular weight excluding hydrogens is 272 g/mol. The third-order valence-corrected chi connectivity index (χ3v) is 3.80. The van der Waals surface area contributed by atoms with Crippen molar-refractivity contribution in [2.75, 3.05) is 13.1 Å². The van der Waals surface area contributed by atoms with Gasteiger partial charge in [-0.15, -0.1) is 12.4 Å². The predicted octanol–water partition coefficient (Wildman–Crippen LogP) is 2.36. The number of benzene rings is 2. The Balaban J connectivity index is 0.00000147. The van der Waals surface area contributed by atoms with Gasteiger partial charge in [-0.3, -0.25) is 4.79 Å². The van der Waals surface area contributed by atoms with E-state index in [9.17, 15) is 4.79 Å². The summed E-state index contributed by atoms with van der Waals surface area (Å²) in [6.07, 6.45) is 1.38. The lowest BCUT2D eigenvalue weighted by molar-refractivity contribution is -0.129. The molecule has 1 atom stereocenters. The molecule has 1 heterocycles. The van der Waals surface area contributed by atoms with E-state index in [1.54, 1.807) is 0 Å². The fourth-order valence-electron chi connectivity index (χ4n) is 2.74. The van der Waals surface area contributed by atoms with Gasteiger partial charge in [-0.05, 0) is 22.8 Å². The summed E-state index contributed by atoms with van der Waals surface area (Å²) in [5, 5.41) is 2.35. The molecule has 4 heteroatoms. The number of nitrogens with zero attached hydrogens (tertiary/aromatic N) is 1. The maximum Gasteiger partial charge on any atom is 0.227 e. The van der Waals surface area contributed by atoms with E-state index in [2.05, 4.69) is 18.2 Å². The van der Waals surface area contributed by atoms with Crippen molar-refractivity contribution in [3.05, 3.63) is 48.0 Å². The molecule has 1 aliphatic heterocycles. The zero-order valence-corrected chi connectivity index (χ0v) is 12.1. The van der Waals surface area contributed by atoms with Crippen LogP contribution in [0.2, 0.25) is 0 Å². The second-order valence-corrected chi connectivity index (χ2v) is 5.20. The van der Waals surface area contributed by atoms with Crippen LogP contribution in [0.3, 0.4) is 0 Å². The van der Waals surface area contributed by atoms with Gasteiger partial charge in [0, 0.05) is 19.1 Å². The van der Waals surface area contributed by atoms with E-state index in [-0.39, 0.29) is 24.4 Å². The van der Waals surface area contributed by atoms with Gasteiger partial charge in [-0.1, -0.05) is 42.5 Å². The number of rotatable bonds is 2. The topological polar surface area (TPSA) is 46.3 Å². The van der Waals surface area contributed by atoms with Crippen LogP contribution < -0.4 is 5.73 Å². The molecule has 0 saturated carbocycles. The first-order valence-electron chi connectivity index (χ1n) is 6.74. The maximum absolute atomic E-state index is 12.3. The van der Waals surface area contributed by atoms with Gasteiger partial charge in [-0.2, -0.15) is 0 Å². The van der Waals surface area contributed by atoms with Crippen molar-refractivity contribution < 1.29 is 4.79 Å². The van der Waals surface area contributed by atoms with E-state index >= 15 is 0 Å². The number of carbonyl (C=O) groups is 1. The van der Waals surface area contributed by atoms with Gasteiger partial charge in [0.1, 0.15) is 0 Å². The maximum atomic E-state index is 12.3. The van der Waals surface area contributed by atoms with Gasteiger partial charge in [0.25, 0.3) is 0 Å². The Bertz CT molecular complexity index is 609. The number of hydrogen-bond donors (Lipinski definition) is 1. The Hall–Kier alpha value is -1.58. The van der Waals surface area contributed by atoms with Crippen LogP contribution in [0.4, 0.5) is 0 Å². The smallest absolute Gasteiger partial charge is 0.227 e. The lowest BCUT2D eigenvalue weighted by Gasteiger charge is -2.16. The van der Waals surface area contributed by atoms with Crippen LogP contribution in [-0.2, 0) is 11.2 Å². The van der Waals surface area contributed by atoms with Crippen molar-refractivity contribution in [2.24, 2.45) is 5.73 Å². The summed E-state index contributed by atoms with van der Waals surface area (Å²) in [7, 11) is 0. The minimum absolute atomic E-state index is 0. The molecule has 0 aliphatic carbocycles. The Morgan fingerprint density at radius 3 is 2.70 bits per heavy atom. The van der Waals surface area contributed by atoms with Gasteiger partial charge in [0.05, 0.1) is 6.42 Å². The molecule has 0 aromatic heterocycles. The van der Waals surface area contributed by atoms with Crippen LogP contribution in [0.25, 0.3) is 10.8 Å². The minimum Gasteiger partial charge on any atom is -0.341 e. The van der Waals surface area contributed by atoms with E-state index < -0.39 is 0 Å². The van der Waals surface area contributed by atoms with Crippen molar-refractivity contribution in [2.45, 2.75) is 18.9 Å². The van der Waals surface area contributed by atoms with Crippen LogP contribution in [0.5, 0.6) is 0 Å². The normalized spacial score (nSPS) is 18.1. The molecule has 0 bridgehead atoms. The molecule has 2 aromatic rings. The number of hydrogen-bond acceptors (Lipinski definition) is 2. The summed E-state index contributed by atoms with van der Waals surface area (Å²) >= 11 is 0. The van der Waals surface area contributed by atoms with Crippen LogP contribution in [-0.4, -0.2) is 29.9 Å². The summed E-state index contributed by atoms with van der Waals surface area (Å²) in [4.78, 5) is 14.2. The van der Waals surface area contributed by atoms with Crippen molar-refractivity contribution in [1.82, 2.24) is 4.90 Å². The van der Waals surface area contributed by atoms with Crippen molar-refractivity contribution in [1.29, 1.82) is 0 Å². The zero-order valence-electron chi connectivity index (χ0n) is 11.3. The number of halogens is 1. The Morgan fingerprint density at radius 1 is 1.20 bits per heavy atom. The van der Waals surface area contributed by atoms with E-state index in [1.165, 1.54) is 10.8 Å². The quantitative estimate of drug-likeness (QED) is 0.923. The lowest BCUT2D eigenvalue weighted by Crippen LogP contribution is -2.32. The highest BCUT2D eigenvalue weighted by molar-refractivity contribution is 5.90. The average molecular weight is 291 g/mol. The summed E-state index contributed by atoms with van der Waals surface area (Å²) < 4.78 is 0. The number of carbonyl (C=O) groups excluding carboxylic acids is 1. The third-order valence-electron chi connectivity index (χ3n) is 3.80. The summed E-state index contributed by atoms with van der Waals surface area (Å²) in [6.45, 7) is 1.49. The fourth-order valence-corrected chi connectivity index (χ4v) is 2.74. The summed E-state index contributed by atoms with van der Waals surface area (Å²) in [6, 6.07) is 14.5. The summed E-state index contributed by atoms with van der Waals surface area (Å²) in [5.74, 6) is 0.185. The molecule has 106 valence electrons. The molecular formula is C16H19ClN2O. The molecule has 3 nitrogen and oxygen atoms in total. The standard InChI is InChI=1S/C16H18N2O.ClH/c17-14-8-9-18(11-14)16(19)10-13-6-3-5-12-4-1-2-7-15(12)13;/h1-7,14H,8-11,17H2;1H.